The van der Waals surface area contributed by atoms with Crippen LogP contribution in [0.5, 0.6) is 0 Å². The van der Waals surface area contributed by atoms with Crippen LogP contribution in [-0.4, -0.2) is 43.4 Å². The van der Waals surface area contributed by atoms with E-state index in [-0.39, 0.29) is 29.9 Å². The average molecular weight is 492 g/mol. The van der Waals surface area contributed by atoms with Crippen LogP contribution in [0.1, 0.15) is 35.3 Å². The zero-order valence-corrected chi connectivity index (χ0v) is 19.1. The van der Waals surface area contributed by atoms with Crippen LogP contribution in [0.15, 0.2) is 53.5 Å². The lowest BCUT2D eigenvalue weighted by Crippen LogP contribution is -2.40. The molecular formula is C22H29IN4O. The SMILES string of the molecule is CCN(CC)C(=O)c1ccc(CNC(=NC)N2CCc3ccccc32)cc1.I. The van der Waals surface area contributed by atoms with Gasteiger partial charge in [-0.2, -0.15) is 0 Å². The predicted octanol–water partition coefficient (Wildman–Crippen LogP) is 3.92. The van der Waals surface area contributed by atoms with Crippen molar-refractivity contribution in [3.8, 4) is 0 Å². The van der Waals surface area contributed by atoms with Gasteiger partial charge in [-0.05, 0) is 49.6 Å². The molecule has 28 heavy (non-hydrogen) atoms. The van der Waals surface area contributed by atoms with Gasteiger partial charge in [0.25, 0.3) is 5.91 Å². The molecule has 0 aromatic heterocycles. The molecule has 150 valence electrons. The van der Waals surface area contributed by atoms with Gasteiger partial charge in [-0.25, -0.2) is 0 Å². The van der Waals surface area contributed by atoms with Crippen molar-refractivity contribution in [3.63, 3.8) is 0 Å². The van der Waals surface area contributed by atoms with E-state index in [2.05, 4.69) is 39.5 Å². The van der Waals surface area contributed by atoms with E-state index in [4.69, 9.17) is 0 Å². The number of hydrogen-bond donors (Lipinski definition) is 1. The molecule has 0 fully saturated rings. The summed E-state index contributed by atoms with van der Waals surface area (Å²) in [7, 11) is 1.81. The first kappa shape index (κ1) is 22.2. The molecule has 5 nitrogen and oxygen atoms in total. The minimum Gasteiger partial charge on any atom is -0.352 e. The number of benzene rings is 2. The standard InChI is InChI=1S/C22H28N4O.HI/c1-4-25(5-2)21(27)19-12-10-17(11-13-19)16-24-22(23-3)26-15-14-18-8-6-7-9-20(18)26;/h6-13H,4-5,14-16H2,1-3H3,(H,23,24);1H. The Kier molecular flexibility index (Phi) is 8.29. The van der Waals surface area contributed by atoms with Gasteiger partial charge in [0.1, 0.15) is 0 Å². The zero-order chi connectivity index (χ0) is 19.2. The van der Waals surface area contributed by atoms with Crippen LogP contribution in [0.2, 0.25) is 0 Å². The Morgan fingerprint density at radius 2 is 1.79 bits per heavy atom. The minimum absolute atomic E-state index is 0. The summed E-state index contributed by atoms with van der Waals surface area (Å²) in [6, 6.07) is 16.3. The number of nitrogens with one attached hydrogen (secondary N) is 1. The molecular weight excluding hydrogens is 463 g/mol. The second kappa shape index (κ2) is 10.5. The number of hydrogen-bond acceptors (Lipinski definition) is 2. The maximum atomic E-state index is 12.4. The fourth-order valence-corrected chi connectivity index (χ4v) is 3.49. The quantitative estimate of drug-likeness (QED) is 0.391. The monoisotopic (exact) mass is 492 g/mol. The number of fused-ring (bicyclic) bond motifs is 1. The van der Waals surface area contributed by atoms with Gasteiger partial charge in [0.15, 0.2) is 5.96 Å². The number of amides is 1. The lowest BCUT2D eigenvalue weighted by molar-refractivity contribution is 0.0773. The summed E-state index contributed by atoms with van der Waals surface area (Å²) in [5.74, 6) is 0.965. The lowest BCUT2D eigenvalue weighted by Gasteiger charge is -2.22. The molecule has 0 saturated heterocycles. The van der Waals surface area contributed by atoms with Crippen molar-refractivity contribution in [2.24, 2.45) is 4.99 Å². The van der Waals surface area contributed by atoms with Crippen molar-refractivity contribution >= 4 is 41.5 Å². The van der Waals surface area contributed by atoms with Gasteiger partial charge in [0.05, 0.1) is 0 Å². The smallest absolute Gasteiger partial charge is 0.253 e. The second-order valence-electron chi connectivity index (χ2n) is 6.61. The number of carbonyl (C=O) groups excluding carboxylic acids is 1. The van der Waals surface area contributed by atoms with E-state index < -0.39 is 0 Å². The van der Waals surface area contributed by atoms with Crippen LogP contribution in [0, 0.1) is 0 Å². The molecule has 3 rings (SSSR count). The molecule has 0 aliphatic carbocycles. The number of rotatable bonds is 5. The van der Waals surface area contributed by atoms with Crippen LogP contribution >= 0.6 is 24.0 Å². The summed E-state index contributed by atoms with van der Waals surface area (Å²) in [6.07, 6.45) is 1.04. The fraction of sp³-hybridized carbons (Fsp3) is 0.364. The Morgan fingerprint density at radius 1 is 1.11 bits per heavy atom. The van der Waals surface area contributed by atoms with Crippen LogP contribution < -0.4 is 10.2 Å². The summed E-state index contributed by atoms with van der Waals surface area (Å²) in [6.45, 7) is 7.07. The van der Waals surface area contributed by atoms with Crippen LogP contribution in [0.4, 0.5) is 5.69 Å². The highest BCUT2D eigenvalue weighted by molar-refractivity contribution is 14.0. The van der Waals surface area contributed by atoms with Crippen molar-refractivity contribution in [2.75, 3.05) is 31.6 Å². The molecule has 0 radical (unpaired) electrons. The summed E-state index contributed by atoms with van der Waals surface area (Å²) in [5, 5.41) is 3.44. The average Bonchev–Trinajstić information content (AvgIpc) is 3.14. The zero-order valence-electron chi connectivity index (χ0n) is 16.8. The molecule has 6 heteroatoms. The van der Waals surface area contributed by atoms with Crippen LogP contribution in [0.25, 0.3) is 0 Å². The number of carbonyl (C=O) groups is 1. The van der Waals surface area contributed by atoms with Crippen molar-refractivity contribution in [3.05, 3.63) is 65.2 Å². The third-order valence-electron chi connectivity index (χ3n) is 5.06. The van der Waals surface area contributed by atoms with E-state index in [1.165, 1.54) is 11.3 Å². The molecule has 0 unspecified atom stereocenters. The summed E-state index contributed by atoms with van der Waals surface area (Å²) in [4.78, 5) is 20.9. The molecule has 1 amide bonds. The molecule has 0 spiro atoms. The molecule has 2 aromatic rings. The second-order valence-corrected chi connectivity index (χ2v) is 6.61. The van der Waals surface area contributed by atoms with Gasteiger partial charge in [0.2, 0.25) is 0 Å². The lowest BCUT2D eigenvalue weighted by atomic mass is 10.1. The van der Waals surface area contributed by atoms with Crippen LogP contribution in [0.3, 0.4) is 0 Å². The largest absolute Gasteiger partial charge is 0.352 e. The van der Waals surface area contributed by atoms with E-state index in [1.807, 2.05) is 50.1 Å². The predicted molar refractivity (Wildman–Crippen MR) is 127 cm³/mol. The van der Waals surface area contributed by atoms with Gasteiger partial charge in [0, 0.05) is 44.5 Å². The van der Waals surface area contributed by atoms with Gasteiger partial charge >= 0.3 is 0 Å². The topological polar surface area (TPSA) is 47.9 Å². The molecule has 0 atom stereocenters. The highest BCUT2D eigenvalue weighted by atomic mass is 127. The van der Waals surface area contributed by atoms with E-state index in [0.29, 0.717) is 6.54 Å². The van der Waals surface area contributed by atoms with Crippen molar-refractivity contribution in [2.45, 2.75) is 26.8 Å². The number of halogens is 1. The third-order valence-corrected chi connectivity index (χ3v) is 5.06. The first-order chi connectivity index (χ1) is 13.2. The Bertz CT molecular complexity index is 816. The minimum atomic E-state index is 0. The third kappa shape index (κ3) is 4.84. The molecule has 1 heterocycles. The van der Waals surface area contributed by atoms with E-state index in [0.717, 1.165) is 43.1 Å². The van der Waals surface area contributed by atoms with E-state index in [9.17, 15) is 4.79 Å². The van der Waals surface area contributed by atoms with Gasteiger partial charge < -0.3 is 15.1 Å². The maximum Gasteiger partial charge on any atom is 0.253 e. The van der Waals surface area contributed by atoms with E-state index >= 15 is 0 Å². The highest BCUT2D eigenvalue weighted by Gasteiger charge is 2.22. The number of para-hydroxylation sites is 1. The molecule has 2 aromatic carbocycles. The number of aliphatic imine (C=N–C) groups is 1. The van der Waals surface area contributed by atoms with Crippen molar-refractivity contribution < 1.29 is 4.79 Å². The highest BCUT2D eigenvalue weighted by Crippen LogP contribution is 2.27. The van der Waals surface area contributed by atoms with Crippen molar-refractivity contribution in [1.29, 1.82) is 0 Å². The van der Waals surface area contributed by atoms with E-state index in [1.54, 1.807) is 0 Å². The molecule has 1 aliphatic rings. The Morgan fingerprint density at radius 3 is 2.43 bits per heavy atom. The number of guanidine groups is 1. The normalized spacial score (nSPS) is 13.0. The summed E-state index contributed by atoms with van der Waals surface area (Å²) in [5.41, 5.74) is 4.45. The van der Waals surface area contributed by atoms with Gasteiger partial charge in [-0.15, -0.1) is 24.0 Å². The Balaban J connectivity index is 0.00000280. The fourth-order valence-electron chi connectivity index (χ4n) is 3.49. The Hall–Kier alpha value is -2.09. The number of nitrogens with zero attached hydrogens (tertiary/aromatic N) is 3. The number of anilines is 1. The molecule has 0 bridgehead atoms. The van der Waals surface area contributed by atoms with Gasteiger partial charge in [-0.1, -0.05) is 30.3 Å². The summed E-state index contributed by atoms with van der Waals surface area (Å²) >= 11 is 0. The molecule has 1 N–H and O–H groups in total. The van der Waals surface area contributed by atoms with Gasteiger partial charge in [-0.3, -0.25) is 9.79 Å². The molecule has 1 aliphatic heterocycles. The van der Waals surface area contributed by atoms with Crippen LogP contribution in [-0.2, 0) is 13.0 Å². The maximum absolute atomic E-state index is 12.4. The summed E-state index contributed by atoms with van der Waals surface area (Å²) < 4.78 is 0. The first-order valence-corrected chi connectivity index (χ1v) is 9.62. The Labute approximate surface area is 184 Å². The van der Waals surface area contributed by atoms with Crippen molar-refractivity contribution in [1.82, 2.24) is 10.2 Å². The first-order valence-electron chi connectivity index (χ1n) is 9.62. The molecule has 0 saturated carbocycles.